The SMILES string of the molecule is C[C@@H]1CN(CC(=O)N2CC(C)(C)c3cnc(Cc4ccc(F)cc4F)cc32)[C@@H](CN2CCCC2)CN1.Cl.Cl. The number of carbonyl (C=O) groups excluding carboxylic acids is 1. The Balaban J connectivity index is 0.00000200. The molecule has 3 aliphatic heterocycles. The largest absolute Gasteiger partial charge is 0.311 e. The molecule has 10 heteroatoms. The van der Waals surface area contributed by atoms with Crippen molar-refractivity contribution in [1.29, 1.82) is 0 Å². The first-order chi connectivity index (χ1) is 17.2. The van der Waals surface area contributed by atoms with Crippen LogP contribution in [0.2, 0.25) is 0 Å². The van der Waals surface area contributed by atoms with Crippen LogP contribution in [0, 0.1) is 11.6 Å². The molecule has 0 bridgehead atoms. The van der Waals surface area contributed by atoms with Crippen molar-refractivity contribution >= 4 is 36.4 Å². The van der Waals surface area contributed by atoms with E-state index in [-0.39, 0.29) is 42.6 Å². The molecule has 5 rings (SSSR count). The van der Waals surface area contributed by atoms with E-state index in [0.717, 1.165) is 50.0 Å². The molecule has 1 amide bonds. The summed E-state index contributed by atoms with van der Waals surface area (Å²) in [5, 5.41) is 3.59. The first kappa shape index (κ1) is 30.7. The molecule has 4 heterocycles. The maximum absolute atomic E-state index is 14.3. The third kappa shape index (κ3) is 6.65. The number of anilines is 1. The zero-order chi connectivity index (χ0) is 25.4. The minimum absolute atomic E-state index is 0. The topological polar surface area (TPSA) is 51.7 Å². The first-order valence-corrected chi connectivity index (χ1v) is 13.1. The molecule has 2 aromatic rings. The molecule has 1 aromatic heterocycles. The van der Waals surface area contributed by atoms with Gasteiger partial charge in [0.15, 0.2) is 0 Å². The number of carbonyl (C=O) groups is 1. The molecule has 3 aliphatic rings. The number of halogens is 4. The van der Waals surface area contributed by atoms with Gasteiger partial charge in [0.25, 0.3) is 0 Å². The van der Waals surface area contributed by atoms with Gasteiger partial charge in [0.2, 0.25) is 5.91 Å². The predicted molar refractivity (Wildman–Crippen MR) is 152 cm³/mol. The summed E-state index contributed by atoms with van der Waals surface area (Å²) < 4.78 is 27.6. The molecular weight excluding hydrogens is 531 g/mol. The lowest BCUT2D eigenvalue weighted by Gasteiger charge is -2.41. The van der Waals surface area contributed by atoms with Gasteiger partial charge in [-0.2, -0.15) is 0 Å². The normalized spacial score (nSPS) is 23.0. The van der Waals surface area contributed by atoms with E-state index in [4.69, 9.17) is 0 Å². The van der Waals surface area contributed by atoms with Gasteiger partial charge in [-0.1, -0.05) is 19.9 Å². The monoisotopic (exact) mass is 569 g/mol. The maximum atomic E-state index is 14.3. The van der Waals surface area contributed by atoms with Crippen LogP contribution >= 0.6 is 24.8 Å². The summed E-state index contributed by atoms with van der Waals surface area (Å²) in [7, 11) is 0. The molecule has 0 radical (unpaired) electrons. The Labute approximate surface area is 237 Å². The summed E-state index contributed by atoms with van der Waals surface area (Å²) >= 11 is 0. The van der Waals surface area contributed by atoms with E-state index >= 15 is 0 Å². The van der Waals surface area contributed by atoms with Crippen molar-refractivity contribution in [3.8, 4) is 0 Å². The Bertz CT molecular complexity index is 1130. The second kappa shape index (κ2) is 12.6. The average Bonchev–Trinajstić information content (AvgIpc) is 3.43. The van der Waals surface area contributed by atoms with Gasteiger partial charge in [-0.3, -0.25) is 14.7 Å². The van der Waals surface area contributed by atoms with Crippen molar-refractivity contribution in [2.24, 2.45) is 0 Å². The van der Waals surface area contributed by atoms with Gasteiger partial charge in [-0.15, -0.1) is 24.8 Å². The van der Waals surface area contributed by atoms with Crippen molar-refractivity contribution in [3.63, 3.8) is 0 Å². The highest BCUT2D eigenvalue weighted by molar-refractivity contribution is 5.97. The number of benzene rings is 1. The fourth-order valence-corrected chi connectivity index (χ4v) is 5.90. The van der Waals surface area contributed by atoms with Crippen LogP contribution in [0.4, 0.5) is 14.5 Å². The molecule has 0 saturated carbocycles. The number of aromatic nitrogens is 1. The van der Waals surface area contributed by atoms with Gasteiger partial charge in [0, 0.05) is 73.6 Å². The summed E-state index contributed by atoms with van der Waals surface area (Å²) in [5.41, 5.74) is 2.72. The molecule has 0 spiro atoms. The lowest BCUT2D eigenvalue weighted by molar-refractivity contribution is -0.120. The van der Waals surface area contributed by atoms with Gasteiger partial charge >= 0.3 is 0 Å². The van der Waals surface area contributed by atoms with Crippen LogP contribution in [-0.4, -0.2) is 78.6 Å². The zero-order valence-electron chi connectivity index (χ0n) is 22.4. The zero-order valence-corrected chi connectivity index (χ0v) is 24.0. The van der Waals surface area contributed by atoms with Crippen LogP contribution in [0.5, 0.6) is 0 Å². The van der Waals surface area contributed by atoms with E-state index in [1.54, 1.807) is 0 Å². The van der Waals surface area contributed by atoms with E-state index in [0.29, 0.717) is 36.4 Å². The Kier molecular flexibility index (Phi) is 10.1. The number of hydrogen-bond acceptors (Lipinski definition) is 5. The second-order valence-electron chi connectivity index (χ2n) is 11.4. The molecule has 2 saturated heterocycles. The maximum Gasteiger partial charge on any atom is 0.241 e. The Morgan fingerprint density at radius 3 is 2.61 bits per heavy atom. The summed E-state index contributed by atoms with van der Waals surface area (Å²) in [6, 6.07) is 6.18. The second-order valence-corrected chi connectivity index (χ2v) is 11.4. The number of rotatable bonds is 6. The molecule has 0 unspecified atom stereocenters. The Morgan fingerprint density at radius 2 is 1.89 bits per heavy atom. The molecule has 210 valence electrons. The number of nitrogens with one attached hydrogen (secondary N) is 1. The number of nitrogens with zero attached hydrogens (tertiary/aromatic N) is 4. The first-order valence-electron chi connectivity index (χ1n) is 13.1. The average molecular weight is 571 g/mol. The quantitative estimate of drug-likeness (QED) is 0.565. The van der Waals surface area contributed by atoms with Crippen LogP contribution in [0.25, 0.3) is 0 Å². The van der Waals surface area contributed by atoms with Gasteiger partial charge in [-0.05, 0) is 50.6 Å². The number of likely N-dealkylation sites (tertiary alicyclic amines) is 1. The van der Waals surface area contributed by atoms with E-state index in [1.807, 2.05) is 17.2 Å². The highest BCUT2D eigenvalue weighted by atomic mass is 35.5. The summed E-state index contributed by atoms with van der Waals surface area (Å²) in [5.74, 6) is -1.09. The lowest BCUT2D eigenvalue weighted by atomic mass is 9.88. The number of pyridine rings is 1. The van der Waals surface area contributed by atoms with Crippen LogP contribution in [0.1, 0.15) is 50.4 Å². The number of piperazine rings is 1. The molecule has 38 heavy (non-hydrogen) atoms. The number of fused-ring (bicyclic) bond motifs is 1. The van der Waals surface area contributed by atoms with E-state index < -0.39 is 11.6 Å². The highest BCUT2D eigenvalue weighted by Gasteiger charge is 2.40. The van der Waals surface area contributed by atoms with Crippen molar-refractivity contribution in [2.75, 3.05) is 50.7 Å². The van der Waals surface area contributed by atoms with Crippen LogP contribution in [0.15, 0.2) is 30.5 Å². The molecule has 2 fully saturated rings. The van der Waals surface area contributed by atoms with Gasteiger partial charge in [0.1, 0.15) is 11.6 Å². The van der Waals surface area contributed by atoms with Crippen molar-refractivity contribution in [2.45, 2.75) is 57.5 Å². The summed E-state index contributed by atoms with van der Waals surface area (Å²) in [6.07, 6.45) is 4.58. The van der Waals surface area contributed by atoms with Crippen molar-refractivity contribution in [1.82, 2.24) is 20.1 Å². The molecule has 2 atom stereocenters. The number of amides is 1. The smallest absolute Gasteiger partial charge is 0.241 e. The van der Waals surface area contributed by atoms with Crippen LogP contribution < -0.4 is 10.2 Å². The molecular formula is C28H39Cl2F2N5O. The third-order valence-corrected chi connectivity index (χ3v) is 7.93. The Morgan fingerprint density at radius 1 is 1.16 bits per heavy atom. The van der Waals surface area contributed by atoms with Crippen molar-refractivity contribution < 1.29 is 13.6 Å². The van der Waals surface area contributed by atoms with E-state index in [2.05, 4.69) is 40.9 Å². The summed E-state index contributed by atoms with van der Waals surface area (Å²) in [6.45, 7) is 12.4. The van der Waals surface area contributed by atoms with E-state index in [9.17, 15) is 13.6 Å². The molecule has 1 N–H and O–H groups in total. The lowest BCUT2D eigenvalue weighted by Crippen LogP contribution is -2.60. The highest BCUT2D eigenvalue weighted by Crippen LogP contribution is 2.40. The number of hydrogen-bond donors (Lipinski definition) is 1. The fourth-order valence-electron chi connectivity index (χ4n) is 5.90. The molecule has 0 aliphatic carbocycles. The third-order valence-electron chi connectivity index (χ3n) is 7.93. The predicted octanol–water partition coefficient (Wildman–Crippen LogP) is 4.18. The minimum atomic E-state index is -0.595. The molecule has 1 aromatic carbocycles. The van der Waals surface area contributed by atoms with Gasteiger partial charge in [0.05, 0.1) is 12.2 Å². The fraction of sp³-hybridized carbons (Fsp3) is 0.571. The van der Waals surface area contributed by atoms with Gasteiger partial charge < -0.3 is 15.1 Å². The summed E-state index contributed by atoms with van der Waals surface area (Å²) in [4.78, 5) is 25.1. The van der Waals surface area contributed by atoms with Crippen LogP contribution in [-0.2, 0) is 16.6 Å². The van der Waals surface area contributed by atoms with Gasteiger partial charge in [-0.25, -0.2) is 8.78 Å². The van der Waals surface area contributed by atoms with Crippen molar-refractivity contribution in [3.05, 3.63) is 58.9 Å². The van der Waals surface area contributed by atoms with Crippen LogP contribution in [0.3, 0.4) is 0 Å². The minimum Gasteiger partial charge on any atom is -0.311 e. The standard InChI is InChI=1S/C28H37F2N5O.2ClH/c1-19-15-34(23(13-31-19)16-33-8-4-5-9-33)17-27(36)35-18-28(2,3)24-14-32-22(12-26(24)35)10-20-6-7-21(29)11-25(20)30;;/h6-7,11-12,14,19,23,31H,4-5,8-10,13,15-18H2,1-3H3;2*1H/t19-,23-;;/m1../s1. The molecule has 6 nitrogen and oxygen atoms in total. The van der Waals surface area contributed by atoms with E-state index in [1.165, 1.54) is 25.0 Å². The Hall–Kier alpha value is -1.84.